The molecular weight excluding hydrogens is 411 g/mol. The molecular formula is C16H14Cl2N6O2S. The number of anilines is 1. The first-order valence-corrected chi connectivity index (χ1v) is 9.08. The number of benzene rings is 1. The van der Waals surface area contributed by atoms with Crippen molar-refractivity contribution in [2.45, 2.75) is 19.9 Å². The summed E-state index contributed by atoms with van der Waals surface area (Å²) in [4.78, 5) is 13.7. The van der Waals surface area contributed by atoms with Gasteiger partial charge in [-0.2, -0.15) is 4.80 Å². The number of nitrogens with one attached hydrogen (secondary N) is 2. The van der Waals surface area contributed by atoms with Crippen LogP contribution in [0.4, 0.5) is 5.95 Å². The minimum absolute atomic E-state index is 0.0230. The van der Waals surface area contributed by atoms with E-state index in [0.29, 0.717) is 27.9 Å². The minimum atomic E-state index is -0.530. The van der Waals surface area contributed by atoms with Crippen molar-refractivity contribution in [3.63, 3.8) is 0 Å². The number of furan rings is 1. The Morgan fingerprint density at radius 2 is 2.11 bits per heavy atom. The first-order chi connectivity index (χ1) is 13.0. The van der Waals surface area contributed by atoms with Crippen molar-refractivity contribution in [1.29, 1.82) is 0 Å². The van der Waals surface area contributed by atoms with Crippen molar-refractivity contribution in [1.82, 2.24) is 25.5 Å². The second-order valence-corrected chi connectivity index (χ2v) is 6.58. The second-order valence-electron chi connectivity index (χ2n) is 5.38. The first kappa shape index (κ1) is 19.3. The van der Waals surface area contributed by atoms with Crippen molar-refractivity contribution < 1.29 is 9.21 Å². The lowest BCUT2D eigenvalue weighted by Crippen LogP contribution is -2.34. The van der Waals surface area contributed by atoms with Crippen LogP contribution in [0, 0.1) is 0 Å². The lowest BCUT2D eigenvalue weighted by Gasteiger charge is -2.05. The number of rotatable bonds is 5. The van der Waals surface area contributed by atoms with E-state index in [1.54, 1.807) is 24.3 Å². The van der Waals surface area contributed by atoms with Crippen LogP contribution >= 0.6 is 35.4 Å². The van der Waals surface area contributed by atoms with Crippen molar-refractivity contribution in [3.05, 3.63) is 46.1 Å². The molecule has 0 radical (unpaired) electrons. The predicted molar refractivity (Wildman–Crippen MR) is 106 cm³/mol. The van der Waals surface area contributed by atoms with Crippen molar-refractivity contribution in [2.24, 2.45) is 0 Å². The maximum atomic E-state index is 12.3. The number of nitrogens with zero attached hydrogens (tertiary/aromatic N) is 4. The molecule has 0 aliphatic heterocycles. The number of amides is 1. The molecule has 0 unspecified atom stereocenters. The van der Waals surface area contributed by atoms with E-state index < -0.39 is 5.91 Å². The number of hydrogen-bond donors (Lipinski definition) is 2. The topological polar surface area (TPSA) is 97.9 Å². The highest BCUT2D eigenvalue weighted by atomic mass is 35.5. The number of hydrogen-bond acceptors (Lipinski definition) is 6. The van der Waals surface area contributed by atoms with Gasteiger partial charge in [0.05, 0.1) is 16.6 Å². The Morgan fingerprint density at radius 1 is 1.30 bits per heavy atom. The van der Waals surface area contributed by atoms with Gasteiger partial charge in [0.2, 0.25) is 0 Å². The van der Waals surface area contributed by atoms with E-state index in [0.717, 1.165) is 6.42 Å². The molecule has 27 heavy (non-hydrogen) atoms. The third kappa shape index (κ3) is 4.62. The molecule has 0 saturated carbocycles. The van der Waals surface area contributed by atoms with Gasteiger partial charge in [-0.1, -0.05) is 41.3 Å². The van der Waals surface area contributed by atoms with Gasteiger partial charge >= 0.3 is 0 Å². The van der Waals surface area contributed by atoms with E-state index in [9.17, 15) is 4.79 Å². The Hall–Kier alpha value is -2.49. The highest BCUT2D eigenvalue weighted by Gasteiger charge is 2.16. The smallest absolute Gasteiger partial charge is 0.293 e. The van der Waals surface area contributed by atoms with Crippen LogP contribution in [0.25, 0.3) is 11.3 Å². The Balaban J connectivity index is 1.65. The molecule has 3 aromatic rings. The van der Waals surface area contributed by atoms with E-state index in [2.05, 4.69) is 26.0 Å². The van der Waals surface area contributed by atoms with Gasteiger partial charge in [0.1, 0.15) is 5.76 Å². The zero-order valence-electron chi connectivity index (χ0n) is 14.1. The highest BCUT2D eigenvalue weighted by Crippen LogP contribution is 2.34. The summed E-state index contributed by atoms with van der Waals surface area (Å²) in [6, 6.07) is 8.29. The quantitative estimate of drug-likeness (QED) is 0.601. The van der Waals surface area contributed by atoms with Crippen LogP contribution in [0.2, 0.25) is 10.0 Å². The van der Waals surface area contributed by atoms with E-state index in [-0.39, 0.29) is 16.8 Å². The SMILES string of the molecule is CCCn1nnc(NC(=S)NC(=O)c2ccc(-c3cccc(Cl)c3Cl)o2)n1. The molecule has 0 fully saturated rings. The van der Waals surface area contributed by atoms with Gasteiger partial charge < -0.3 is 4.42 Å². The predicted octanol–water partition coefficient (Wildman–Crippen LogP) is 3.78. The maximum Gasteiger partial charge on any atom is 0.293 e. The molecule has 8 nitrogen and oxygen atoms in total. The van der Waals surface area contributed by atoms with Gasteiger partial charge in [0.15, 0.2) is 10.9 Å². The molecule has 1 aromatic carbocycles. The van der Waals surface area contributed by atoms with E-state index in [4.69, 9.17) is 39.8 Å². The van der Waals surface area contributed by atoms with E-state index in [1.165, 1.54) is 10.9 Å². The number of carbonyl (C=O) groups excluding carboxylic acids is 1. The summed E-state index contributed by atoms with van der Waals surface area (Å²) in [5, 5.41) is 17.7. The van der Waals surface area contributed by atoms with Crippen LogP contribution in [0.5, 0.6) is 0 Å². The monoisotopic (exact) mass is 424 g/mol. The first-order valence-electron chi connectivity index (χ1n) is 7.92. The molecule has 0 aliphatic rings. The van der Waals surface area contributed by atoms with Gasteiger partial charge in [0, 0.05) is 5.56 Å². The lowest BCUT2D eigenvalue weighted by molar-refractivity contribution is 0.0951. The van der Waals surface area contributed by atoms with Gasteiger partial charge in [-0.3, -0.25) is 15.4 Å². The summed E-state index contributed by atoms with van der Waals surface area (Å²) in [5.74, 6) is 0.140. The molecule has 0 bridgehead atoms. The molecule has 2 N–H and O–H groups in total. The highest BCUT2D eigenvalue weighted by molar-refractivity contribution is 7.80. The average molecular weight is 425 g/mol. The molecule has 0 saturated heterocycles. The molecule has 1 amide bonds. The number of aromatic nitrogens is 4. The minimum Gasteiger partial charge on any atom is -0.451 e. The molecule has 3 rings (SSSR count). The summed E-state index contributed by atoms with van der Waals surface area (Å²) in [7, 11) is 0. The number of aryl methyl sites for hydroxylation is 1. The van der Waals surface area contributed by atoms with E-state index in [1.807, 2.05) is 6.92 Å². The van der Waals surface area contributed by atoms with Gasteiger partial charge in [-0.15, -0.1) is 5.10 Å². The summed E-state index contributed by atoms with van der Waals surface area (Å²) in [6.45, 7) is 2.63. The average Bonchev–Trinajstić information content (AvgIpc) is 3.27. The summed E-state index contributed by atoms with van der Waals surface area (Å²) < 4.78 is 5.56. The molecule has 2 heterocycles. The molecule has 11 heteroatoms. The third-order valence-corrected chi connectivity index (χ3v) is 4.40. The fourth-order valence-electron chi connectivity index (χ4n) is 2.18. The normalized spacial score (nSPS) is 10.6. The maximum absolute atomic E-state index is 12.3. The Morgan fingerprint density at radius 3 is 2.89 bits per heavy atom. The van der Waals surface area contributed by atoms with Crippen molar-refractivity contribution >= 4 is 52.4 Å². The standard InChI is InChI=1S/C16H14Cl2N6O2S/c1-2-8-24-22-15(21-23-24)20-16(27)19-14(25)12-7-6-11(26-12)9-4-3-5-10(17)13(9)18/h3-7H,2,8H2,1H3,(H2,19,20,22,25,27). The lowest BCUT2D eigenvalue weighted by atomic mass is 10.2. The van der Waals surface area contributed by atoms with Gasteiger partial charge in [-0.05, 0) is 48.1 Å². The number of halogens is 2. The van der Waals surface area contributed by atoms with Crippen LogP contribution in [-0.2, 0) is 6.54 Å². The van der Waals surface area contributed by atoms with Crippen molar-refractivity contribution in [2.75, 3.05) is 5.32 Å². The number of carbonyl (C=O) groups is 1. The Kier molecular flexibility index (Phi) is 6.04. The van der Waals surface area contributed by atoms with Gasteiger partial charge in [-0.25, -0.2) is 0 Å². The zero-order valence-corrected chi connectivity index (χ0v) is 16.4. The Labute approximate surface area is 169 Å². The summed E-state index contributed by atoms with van der Waals surface area (Å²) in [5.41, 5.74) is 0.584. The van der Waals surface area contributed by atoms with Crippen molar-refractivity contribution in [3.8, 4) is 11.3 Å². The molecule has 140 valence electrons. The third-order valence-electron chi connectivity index (χ3n) is 3.38. The molecule has 0 atom stereocenters. The van der Waals surface area contributed by atoms with Crippen LogP contribution in [-0.4, -0.2) is 31.2 Å². The van der Waals surface area contributed by atoms with Gasteiger partial charge in [0.25, 0.3) is 11.9 Å². The number of thiocarbonyl (C=S) groups is 1. The summed E-state index contributed by atoms with van der Waals surface area (Å²) >= 11 is 17.3. The summed E-state index contributed by atoms with van der Waals surface area (Å²) in [6.07, 6.45) is 0.869. The fraction of sp³-hybridized carbons (Fsp3) is 0.188. The fourth-order valence-corrected chi connectivity index (χ4v) is 2.76. The van der Waals surface area contributed by atoms with Crippen LogP contribution in [0.1, 0.15) is 23.9 Å². The van der Waals surface area contributed by atoms with Crippen LogP contribution < -0.4 is 10.6 Å². The molecule has 0 spiro atoms. The molecule has 0 aliphatic carbocycles. The van der Waals surface area contributed by atoms with Crippen LogP contribution in [0.3, 0.4) is 0 Å². The number of tetrazole rings is 1. The zero-order chi connectivity index (χ0) is 19.4. The molecule has 2 aromatic heterocycles. The largest absolute Gasteiger partial charge is 0.451 e. The van der Waals surface area contributed by atoms with Crippen LogP contribution in [0.15, 0.2) is 34.7 Å². The van der Waals surface area contributed by atoms with E-state index >= 15 is 0 Å². The second kappa shape index (κ2) is 8.47. The Bertz CT molecular complexity index is 987.